The monoisotopic (exact) mass is 255 g/mol. The molecule has 0 saturated heterocycles. The predicted molar refractivity (Wildman–Crippen MR) is 70.2 cm³/mol. The molecule has 3 rings (SSSR count). The van der Waals surface area contributed by atoms with E-state index in [4.69, 9.17) is 5.11 Å². The first-order chi connectivity index (χ1) is 9.15. The number of hydrogen-bond acceptors (Lipinski definition) is 1. The van der Waals surface area contributed by atoms with E-state index in [-0.39, 0.29) is 11.4 Å². The van der Waals surface area contributed by atoms with Gasteiger partial charge in [0, 0.05) is 17.3 Å². The number of hydrogen-bond donors (Lipinski definition) is 1. The largest absolute Gasteiger partial charge is 0.478 e. The first-order valence-electron chi connectivity index (χ1n) is 5.75. The van der Waals surface area contributed by atoms with E-state index in [0.717, 1.165) is 16.6 Å². The minimum absolute atomic E-state index is 0.254. The highest BCUT2D eigenvalue weighted by Gasteiger charge is 2.07. The van der Waals surface area contributed by atoms with Crippen molar-refractivity contribution in [2.45, 2.75) is 0 Å². The lowest BCUT2D eigenvalue weighted by atomic mass is 10.1. The summed E-state index contributed by atoms with van der Waals surface area (Å²) in [7, 11) is 0. The van der Waals surface area contributed by atoms with Gasteiger partial charge >= 0.3 is 5.97 Å². The van der Waals surface area contributed by atoms with Crippen LogP contribution in [0.15, 0.2) is 54.7 Å². The Labute approximate surface area is 108 Å². The highest BCUT2D eigenvalue weighted by Crippen LogP contribution is 2.22. The van der Waals surface area contributed by atoms with E-state index in [0.29, 0.717) is 0 Å². The molecule has 1 heterocycles. The van der Waals surface area contributed by atoms with Crippen molar-refractivity contribution in [1.82, 2.24) is 4.57 Å². The zero-order chi connectivity index (χ0) is 13.4. The van der Waals surface area contributed by atoms with Gasteiger partial charge in [0.25, 0.3) is 0 Å². The fraction of sp³-hybridized carbons (Fsp3) is 0. The van der Waals surface area contributed by atoms with Crippen LogP contribution in [0.25, 0.3) is 16.6 Å². The van der Waals surface area contributed by atoms with Gasteiger partial charge in [0.2, 0.25) is 0 Å². The topological polar surface area (TPSA) is 42.2 Å². The molecular formula is C15H10FNO2. The van der Waals surface area contributed by atoms with Gasteiger partial charge in [-0.15, -0.1) is 0 Å². The van der Waals surface area contributed by atoms with Crippen LogP contribution in [0.3, 0.4) is 0 Å². The van der Waals surface area contributed by atoms with Crippen LogP contribution in [-0.2, 0) is 0 Å². The molecule has 0 aliphatic carbocycles. The van der Waals surface area contributed by atoms with E-state index in [1.165, 1.54) is 12.1 Å². The number of halogens is 1. The van der Waals surface area contributed by atoms with E-state index in [1.54, 1.807) is 30.3 Å². The predicted octanol–water partition coefficient (Wildman–Crippen LogP) is 3.47. The summed E-state index contributed by atoms with van der Waals surface area (Å²) in [5, 5.41) is 9.79. The van der Waals surface area contributed by atoms with Gasteiger partial charge in [-0.3, -0.25) is 0 Å². The summed E-state index contributed by atoms with van der Waals surface area (Å²) in [6.07, 6.45) is 1.84. The fourth-order valence-electron chi connectivity index (χ4n) is 2.10. The Morgan fingerprint density at radius 3 is 2.47 bits per heavy atom. The van der Waals surface area contributed by atoms with Crippen LogP contribution in [0, 0.1) is 5.82 Å². The second kappa shape index (κ2) is 4.24. The van der Waals surface area contributed by atoms with E-state index in [9.17, 15) is 9.18 Å². The van der Waals surface area contributed by atoms with Crippen molar-refractivity contribution >= 4 is 16.9 Å². The van der Waals surface area contributed by atoms with Crippen LogP contribution in [0.4, 0.5) is 4.39 Å². The highest BCUT2D eigenvalue weighted by atomic mass is 19.1. The average Bonchev–Trinajstić information content (AvgIpc) is 2.82. The molecular weight excluding hydrogens is 245 g/mol. The molecule has 0 fully saturated rings. The number of benzene rings is 2. The minimum Gasteiger partial charge on any atom is -0.478 e. The van der Waals surface area contributed by atoms with E-state index in [2.05, 4.69) is 0 Å². The maximum Gasteiger partial charge on any atom is 0.335 e. The van der Waals surface area contributed by atoms with E-state index in [1.807, 2.05) is 16.8 Å². The van der Waals surface area contributed by atoms with Crippen molar-refractivity contribution in [3.8, 4) is 5.69 Å². The van der Waals surface area contributed by atoms with Gasteiger partial charge < -0.3 is 9.67 Å². The zero-order valence-corrected chi connectivity index (χ0v) is 9.88. The summed E-state index contributed by atoms with van der Waals surface area (Å²) in [5.41, 5.74) is 1.97. The second-order valence-electron chi connectivity index (χ2n) is 4.24. The Hall–Kier alpha value is -2.62. The van der Waals surface area contributed by atoms with Crippen LogP contribution in [0.1, 0.15) is 10.4 Å². The summed E-state index contributed by atoms with van der Waals surface area (Å²) < 4.78 is 14.8. The Morgan fingerprint density at radius 2 is 1.79 bits per heavy atom. The molecule has 0 aliphatic heterocycles. The molecule has 94 valence electrons. The molecule has 0 unspecified atom stereocenters. The molecule has 19 heavy (non-hydrogen) atoms. The molecule has 1 aromatic heterocycles. The third-order valence-electron chi connectivity index (χ3n) is 3.04. The number of carboxylic acid groups (broad SMARTS) is 1. The number of nitrogens with zero attached hydrogens (tertiary/aromatic N) is 1. The van der Waals surface area contributed by atoms with Crippen molar-refractivity contribution < 1.29 is 14.3 Å². The Morgan fingerprint density at radius 1 is 1.05 bits per heavy atom. The molecule has 0 saturated carbocycles. The van der Waals surface area contributed by atoms with Gasteiger partial charge in [0.1, 0.15) is 5.82 Å². The lowest BCUT2D eigenvalue weighted by molar-refractivity contribution is 0.0697. The zero-order valence-electron chi connectivity index (χ0n) is 9.88. The molecule has 3 aromatic rings. The van der Waals surface area contributed by atoms with Gasteiger partial charge in [-0.2, -0.15) is 0 Å². The highest BCUT2D eigenvalue weighted by molar-refractivity contribution is 5.94. The van der Waals surface area contributed by atoms with Crippen LogP contribution < -0.4 is 0 Å². The average molecular weight is 255 g/mol. The Bertz CT molecular complexity index is 759. The lowest BCUT2D eigenvalue weighted by Crippen LogP contribution is -1.96. The molecule has 1 N–H and O–H groups in total. The summed E-state index contributed by atoms with van der Waals surface area (Å²) in [6, 6.07) is 12.9. The maximum absolute atomic E-state index is 12.9. The normalized spacial score (nSPS) is 10.8. The van der Waals surface area contributed by atoms with Crippen molar-refractivity contribution in [1.29, 1.82) is 0 Å². The number of rotatable bonds is 2. The number of aromatic nitrogens is 1. The van der Waals surface area contributed by atoms with Gasteiger partial charge in [-0.25, -0.2) is 9.18 Å². The summed E-state index contributed by atoms with van der Waals surface area (Å²) in [4.78, 5) is 10.9. The quantitative estimate of drug-likeness (QED) is 0.761. The molecule has 0 spiro atoms. The van der Waals surface area contributed by atoms with Crippen molar-refractivity contribution in [2.75, 3.05) is 0 Å². The maximum atomic E-state index is 12.9. The van der Waals surface area contributed by atoms with Crippen molar-refractivity contribution in [3.63, 3.8) is 0 Å². The summed E-state index contributed by atoms with van der Waals surface area (Å²) in [5.74, 6) is -1.23. The van der Waals surface area contributed by atoms with Crippen LogP contribution in [-0.4, -0.2) is 15.6 Å². The molecule has 3 nitrogen and oxygen atoms in total. The lowest BCUT2D eigenvalue weighted by Gasteiger charge is -2.05. The Kier molecular flexibility index (Phi) is 2.56. The third kappa shape index (κ3) is 1.97. The van der Waals surface area contributed by atoms with Crippen LogP contribution in [0.5, 0.6) is 0 Å². The second-order valence-corrected chi connectivity index (χ2v) is 4.24. The number of carboxylic acids is 1. The standard InChI is InChI=1S/C15H10FNO2/c16-12-2-4-13(5-3-12)17-8-7-10-9-11(15(18)19)1-6-14(10)17/h1-9H,(H,18,19). The summed E-state index contributed by atoms with van der Waals surface area (Å²) in [6.45, 7) is 0. The van der Waals surface area contributed by atoms with Gasteiger partial charge in [0.05, 0.1) is 11.1 Å². The minimum atomic E-state index is -0.948. The molecule has 4 heteroatoms. The van der Waals surface area contributed by atoms with Crippen LogP contribution in [0.2, 0.25) is 0 Å². The molecule has 0 amide bonds. The van der Waals surface area contributed by atoms with Crippen molar-refractivity contribution in [2.24, 2.45) is 0 Å². The molecule has 0 aliphatic rings. The number of fused-ring (bicyclic) bond motifs is 1. The molecule has 2 aromatic carbocycles. The SMILES string of the molecule is O=C(O)c1ccc2c(ccn2-c2ccc(F)cc2)c1. The molecule has 0 bridgehead atoms. The first kappa shape index (κ1) is 11.5. The van der Waals surface area contributed by atoms with Gasteiger partial charge in [-0.1, -0.05) is 0 Å². The third-order valence-corrected chi connectivity index (χ3v) is 3.04. The smallest absolute Gasteiger partial charge is 0.335 e. The first-order valence-corrected chi connectivity index (χ1v) is 5.75. The number of aromatic carboxylic acids is 1. The molecule has 0 radical (unpaired) electrons. The van der Waals surface area contributed by atoms with E-state index >= 15 is 0 Å². The van der Waals surface area contributed by atoms with Gasteiger partial charge in [-0.05, 0) is 48.5 Å². The van der Waals surface area contributed by atoms with Crippen LogP contribution >= 0.6 is 0 Å². The fourth-order valence-corrected chi connectivity index (χ4v) is 2.10. The number of carbonyl (C=O) groups is 1. The molecule has 0 atom stereocenters. The summed E-state index contributed by atoms with van der Waals surface area (Å²) >= 11 is 0. The van der Waals surface area contributed by atoms with Gasteiger partial charge in [0.15, 0.2) is 0 Å². The van der Waals surface area contributed by atoms with E-state index < -0.39 is 5.97 Å². The Balaban J connectivity index is 2.15. The van der Waals surface area contributed by atoms with Crippen molar-refractivity contribution in [3.05, 3.63) is 66.1 Å².